The second-order valence-electron chi connectivity index (χ2n) is 4.83. The van der Waals surface area contributed by atoms with Crippen molar-refractivity contribution in [2.75, 3.05) is 10.6 Å². The third-order valence-corrected chi connectivity index (χ3v) is 3.62. The third kappa shape index (κ3) is 3.93. The van der Waals surface area contributed by atoms with Crippen molar-refractivity contribution in [2.45, 2.75) is 33.2 Å². The molecule has 1 atom stereocenters. The summed E-state index contributed by atoms with van der Waals surface area (Å²) in [5.41, 5.74) is 2.20. The van der Waals surface area contributed by atoms with Crippen LogP contribution in [0.3, 0.4) is 0 Å². The van der Waals surface area contributed by atoms with Crippen LogP contribution in [0.1, 0.15) is 25.8 Å². The molecule has 0 amide bonds. The van der Waals surface area contributed by atoms with Crippen molar-refractivity contribution in [2.24, 2.45) is 0 Å². The van der Waals surface area contributed by atoms with Gasteiger partial charge in [0.05, 0.1) is 0 Å². The molecule has 106 valence electrons. The monoisotopic (exact) mass is 334 g/mol. The van der Waals surface area contributed by atoms with Gasteiger partial charge in [0.25, 0.3) is 0 Å². The summed E-state index contributed by atoms with van der Waals surface area (Å²) in [5.74, 6) is 1.63. The van der Waals surface area contributed by atoms with E-state index < -0.39 is 0 Å². The summed E-state index contributed by atoms with van der Waals surface area (Å²) in [4.78, 5) is 8.49. The summed E-state index contributed by atoms with van der Waals surface area (Å²) in [6.07, 6.45) is 2.62. The van der Waals surface area contributed by atoms with Gasteiger partial charge in [0.2, 0.25) is 0 Å². The Bertz CT molecular complexity index is 586. The van der Waals surface area contributed by atoms with Crippen LogP contribution in [0.5, 0.6) is 0 Å². The molecule has 2 rings (SSSR count). The number of hydrogen-bond donors (Lipinski definition) is 2. The lowest BCUT2D eigenvalue weighted by molar-refractivity contribution is 0.758. The molecule has 0 spiro atoms. The largest absolute Gasteiger partial charge is 0.367 e. The van der Waals surface area contributed by atoms with Crippen LogP contribution in [0.4, 0.5) is 17.3 Å². The molecule has 2 N–H and O–H groups in total. The topological polar surface area (TPSA) is 49.8 Å². The van der Waals surface area contributed by atoms with Crippen LogP contribution in [0.25, 0.3) is 0 Å². The standard InChI is InChI=1S/C15H19BrN4/c1-4-11(3)19-14-8-15(18-9-17-14)20-13-6-5-12(16)7-10(13)2/h5-9,11H,4H2,1-3H3,(H2,17,18,19,20). The number of halogens is 1. The molecule has 0 saturated heterocycles. The van der Waals surface area contributed by atoms with Crippen LogP contribution >= 0.6 is 15.9 Å². The van der Waals surface area contributed by atoms with Crippen LogP contribution in [-0.2, 0) is 0 Å². The first-order chi connectivity index (χ1) is 9.58. The summed E-state index contributed by atoms with van der Waals surface area (Å²) in [6.45, 7) is 6.34. The van der Waals surface area contributed by atoms with Crippen LogP contribution in [-0.4, -0.2) is 16.0 Å². The predicted octanol–water partition coefficient (Wildman–Crippen LogP) is 4.50. The maximum Gasteiger partial charge on any atom is 0.135 e. The van der Waals surface area contributed by atoms with E-state index in [1.54, 1.807) is 6.33 Å². The molecule has 1 aromatic carbocycles. The van der Waals surface area contributed by atoms with Crippen molar-refractivity contribution >= 4 is 33.3 Å². The smallest absolute Gasteiger partial charge is 0.135 e. The van der Waals surface area contributed by atoms with E-state index in [1.165, 1.54) is 0 Å². The molecule has 5 heteroatoms. The fourth-order valence-electron chi connectivity index (χ4n) is 1.76. The van der Waals surface area contributed by atoms with Gasteiger partial charge in [-0.15, -0.1) is 0 Å². The second kappa shape index (κ2) is 6.70. The Balaban J connectivity index is 2.15. The van der Waals surface area contributed by atoms with Gasteiger partial charge in [-0.2, -0.15) is 0 Å². The quantitative estimate of drug-likeness (QED) is 0.845. The summed E-state index contributed by atoms with van der Waals surface area (Å²) in [6, 6.07) is 8.43. The highest BCUT2D eigenvalue weighted by atomic mass is 79.9. The first kappa shape index (κ1) is 14.8. The van der Waals surface area contributed by atoms with Gasteiger partial charge >= 0.3 is 0 Å². The van der Waals surface area contributed by atoms with Crippen LogP contribution in [0.15, 0.2) is 35.1 Å². The van der Waals surface area contributed by atoms with Crippen molar-refractivity contribution in [1.29, 1.82) is 0 Å². The highest BCUT2D eigenvalue weighted by Gasteiger charge is 2.04. The van der Waals surface area contributed by atoms with E-state index >= 15 is 0 Å². The number of aryl methyl sites for hydroxylation is 1. The first-order valence-electron chi connectivity index (χ1n) is 6.70. The zero-order valence-corrected chi connectivity index (χ0v) is 13.5. The average molecular weight is 335 g/mol. The normalized spacial score (nSPS) is 12.0. The SMILES string of the molecule is CCC(C)Nc1cc(Nc2ccc(Br)cc2C)ncn1. The van der Waals surface area contributed by atoms with E-state index in [0.29, 0.717) is 6.04 Å². The van der Waals surface area contributed by atoms with Gasteiger partial charge < -0.3 is 10.6 Å². The van der Waals surface area contributed by atoms with Gasteiger partial charge in [0, 0.05) is 22.3 Å². The first-order valence-corrected chi connectivity index (χ1v) is 7.49. The Morgan fingerprint density at radius 2 is 1.95 bits per heavy atom. The van der Waals surface area contributed by atoms with E-state index in [1.807, 2.05) is 18.2 Å². The maximum absolute atomic E-state index is 4.26. The molecule has 0 fully saturated rings. The fourth-order valence-corrected chi connectivity index (χ4v) is 2.24. The van der Waals surface area contributed by atoms with E-state index in [-0.39, 0.29) is 0 Å². The minimum atomic E-state index is 0.396. The van der Waals surface area contributed by atoms with Crippen molar-refractivity contribution in [3.8, 4) is 0 Å². The van der Waals surface area contributed by atoms with Crippen molar-refractivity contribution in [1.82, 2.24) is 9.97 Å². The molecule has 0 aliphatic rings. The van der Waals surface area contributed by atoms with Gasteiger partial charge in [-0.25, -0.2) is 9.97 Å². The Kier molecular flexibility index (Phi) is 4.95. The van der Waals surface area contributed by atoms with Gasteiger partial charge in [0.15, 0.2) is 0 Å². The van der Waals surface area contributed by atoms with Crippen molar-refractivity contribution < 1.29 is 0 Å². The number of nitrogens with zero attached hydrogens (tertiary/aromatic N) is 2. The van der Waals surface area contributed by atoms with Crippen LogP contribution in [0.2, 0.25) is 0 Å². The van der Waals surface area contributed by atoms with Gasteiger partial charge in [0.1, 0.15) is 18.0 Å². The zero-order valence-electron chi connectivity index (χ0n) is 11.9. The molecule has 1 heterocycles. The Hall–Kier alpha value is -1.62. The van der Waals surface area contributed by atoms with Crippen LogP contribution < -0.4 is 10.6 Å². The summed E-state index contributed by atoms with van der Waals surface area (Å²) in [7, 11) is 0. The molecule has 0 bridgehead atoms. The number of aromatic nitrogens is 2. The molecular formula is C15H19BrN4. The molecule has 0 aliphatic heterocycles. The number of hydrogen-bond acceptors (Lipinski definition) is 4. The molecule has 2 aromatic rings. The third-order valence-electron chi connectivity index (χ3n) is 3.12. The van der Waals surface area contributed by atoms with Gasteiger partial charge in [-0.3, -0.25) is 0 Å². The molecule has 0 saturated carbocycles. The van der Waals surface area contributed by atoms with Crippen LogP contribution in [0, 0.1) is 6.92 Å². The predicted molar refractivity (Wildman–Crippen MR) is 87.6 cm³/mol. The van der Waals surface area contributed by atoms with E-state index in [2.05, 4.69) is 63.4 Å². The summed E-state index contributed by atoms with van der Waals surface area (Å²) >= 11 is 3.46. The lowest BCUT2D eigenvalue weighted by Crippen LogP contribution is -2.14. The van der Waals surface area contributed by atoms with Crippen molar-refractivity contribution in [3.05, 3.63) is 40.6 Å². The van der Waals surface area contributed by atoms with Gasteiger partial charge in [-0.1, -0.05) is 22.9 Å². The molecule has 20 heavy (non-hydrogen) atoms. The Morgan fingerprint density at radius 3 is 2.65 bits per heavy atom. The molecular weight excluding hydrogens is 316 g/mol. The summed E-state index contributed by atoms with van der Waals surface area (Å²) in [5, 5.41) is 6.66. The number of benzene rings is 1. The maximum atomic E-state index is 4.26. The lowest BCUT2D eigenvalue weighted by atomic mass is 10.2. The minimum Gasteiger partial charge on any atom is -0.367 e. The molecule has 0 aliphatic carbocycles. The highest BCUT2D eigenvalue weighted by Crippen LogP contribution is 2.23. The molecule has 4 nitrogen and oxygen atoms in total. The number of rotatable bonds is 5. The minimum absolute atomic E-state index is 0.396. The van der Waals surface area contributed by atoms with E-state index in [9.17, 15) is 0 Å². The van der Waals surface area contributed by atoms with Crippen molar-refractivity contribution in [3.63, 3.8) is 0 Å². The summed E-state index contributed by atoms with van der Waals surface area (Å²) < 4.78 is 1.07. The Morgan fingerprint density at radius 1 is 1.20 bits per heavy atom. The van der Waals surface area contributed by atoms with E-state index in [0.717, 1.165) is 33.8 Å². The number of nitrogens with one attached hydrogen (secondary N) is 2. The van der Waals surface area contributed by atoms with E-state index in [4.69, 9.17) is 0 Å². The van der Waals surface area contributed by atoms with Gasteiger partial charge in [-0.05, 0) is 44.0 Å². The average Bonchev–Trinajstić information content (AvgIpc) is 2.42. The second-order valence-corrected chi connectivity index (χ2v) is 5.74. The fraction of sp³-hybridized carbons (Fsp3) is 0.333. The molecule has 1 aromatic heterocycles. The highest BCUT2D eigenvalue weighted by molar-refractivity contribution is 9.10. The number of anilines is 3. The molecule has 1 unspecified atom stereocenters. The molecule has 0 radical (unpaired) electrons. The zero-order chi connectivity index (χ0) is 14.5. The Labute approximate surface area is 128 Å². The lowest BCUT2D eigenvalue weighted by Gasteiger charge is -2.13.